The van der Waals surface area contributed by atoms with E-state index in [0.717, 1.165) is 25.1 Å². The van der Waals surface area contributed by atoms with Crippen LogP contribution in [0.4, 0.5) is 11.5 Å². The minimum Gasteiger partial charge on any atom is -0.369 e. The first-order valence-corrected chi connectivity index (χ1v) is 9.87. The standard InChI is InChI=1S/C21H18ClN5O/c1-23-16-10-14-19(24-11-12-6-7-12)26-21(28)27(17-5-3-2-4-15(17)22)20(14)25-18(16)13-8-9-13/h2-5,10,12-13H,6-9,11H2,(H,24,26,28). The molecule has 3 aromatic rings. The third-order valence-electron chi connectivity index (χ3n) is 5.31. The summed E-state index contributed by atoms with van der Waals surface area (Å²) in [5, 5.41) is 4.43. The molecule has 2 heterocycles. The van der Waals surface area contributed by atoms with Crippen LogP contribution in [0.5, 0.6) is 0 Å². The first-order chi connectivity index (χ1) is 13.7. The van der Waals surface area contributed by atoms with E-state index in [-0.39, 0.29) is 0 Å². The van der Waals surface area contributed by atoms with E-state index >= 15 is 0 Å². The Bertz CT molecular complexity index is 1190. The van der Waals surface area contributed by atoms with Gasteiger partial charge >= 0.3 is 5.69 Å². The predicted octanol–water partition coefficient (Wildman–Crippen LogP) is 4.68. The van der Waals surface area contributed by atoms with Crippen molar-refractivity contribution in [1.29, 1.82) is 0 Å². The Kier molecular flexibility index (Phi) is 4.06. The summed E-state index contributed by atoms with van der Waals surface area (Å²) in [5.41, 5.74) is 1.92. The van der Waals surface area contributed by atoms with Crippen LogP contribution in [0.2, 0.25) is 5.02 Å². The monoisotopic (exact) mass is 391 g/mol. The molecule has 28 heavy (non-hydrogen) atoms. The van der Waals surface area contributed by atoms with Crippen molar-refractivity contribution in [2.75, 3.05) is 11.9 Å². The summed E-state index contributed by atoms with van der Waals surface area (Å²) in [6, 6.07) is 8.98. The van der Waals surface area contributed by atoms with Gasteiger partial charge in [-0.05, 0) is 55.7 Å². The fourth-order valence-corrected chi connectivity index (χ4v) is 3.66. The number of nitrogens with one attached hydrogen (secondary N) is 1. The van der Waals surface area contributed by atoms with Gasteiger partial charge in [0.05, 0.1) is 28.4 Å². The molecule has 2 aliphatic rings. The van der Waals surface area contributed by atoms with Crippen molar-refractivity contribution in [3.8, 4) is 5.69 Å². The highest BCUT2D eigenvalue weighted by Crippen LogP contribution is 2.44. The Balaban J connectivity index is 1.79. The van der Waals surface area contributed by atoms with Crippen LogP contribution in [0.15, 0.2) is 35.1 Å². The second kappa shape index (κ2) is 6.61. The number of para-hydroxylation sites is 1. The van der Waals surface area contributed by atoms with Crippen LogP contribution in [0, 0.1) is 12.5 Å². The van der Waals surface area contributed by atoms with E-state index in [1.54, 1.807) is 12.1 Å². The normalized spacial score (nSPS) is 16.1. The molecule has 0 unspecified atom stereocenters. The van der Waals surface area contributed by atoms with E-state index in [0.29, 0.717) is 45.1 Å². The van der Waals surface area contributed by atoms with E-state index in [2.05, 4.69) is 15.1 Å². The van der Waals surface area contributed by atoms with Crippen molar-refractivity contribution in [1.82, 2.24) is 14.5 Å². The van der Waals surface area contributed by atoms with Gasteiger partial charge in [0.25, 0.3) is 0 Å². The van der Waals surface area contributed by atoms with E-state index in [4.69, 9.17) is 23.2 Å². The van der Waals surface area contributed by atoms with Gasteiger partial charge in [0.15, 0.2) is 0 Å². The van der Waals surface area contributed by atoms with Crippen LogP contribution in [-0.2, 0) is 0 Å². The molecule has 0 spiro atoms. The molecule has 6 nitrogen and oxygen atoms in total. The molecular formula is C21H18ClN5O. The minimum atomic E-state index is -0.427. The minimum absolute atomic E-state index is 0.291. The first-order valence-electron chi connectivity index (χ1n) is 9.49. The third-order valence-corrected chi connectivity index (χ3v) is 5.63. The zero-order valence-electron chi connectivity index (χ0n) is 15.2. The number of halogens is 1. The Morgan fingerprint density at radius 2 is 2.00 bits per heavy atom. The average Bonchev–Trinajstić information content (AvgIpc) is 3.60. The van der Waals surface area contributed by atoms with Gasteiger partial charge in [0, 0.05) is 6.54 Å². The molecule has 140 valence electrons. The van der Waals surface area contributed by atoms with Crippen molar-refractivity contribution >= 4 is 34.1 Å². The summed E-state index contributed by atoms with van der Waals surface area (Å²) in [4.78, 5) is 25.7. The lowest BCUT2D eigenvalue weighted by Gasteiger charge is -2.15. The van der Waals surface area contributed by atoms with E-state index in [1.165, 1.54) is 17.4 Å². The maximum atomic E-state index is 13.0. The molecule has 0 aliphatic heterocycles. The Morgan fingerprint density at radius 3 is 2.68 bits per heavy atom. The molecule has 1 N–H and O–H groups in total. The molecule has 2 aromatic heterocycles. The number of rotatable bonds is 5. The molecule has 2 aliphatic carbocycles. The van der Waals surface area contributed by atoms with Crippen molar-refractivity contribution in [2.24, 2.45) is 5.92 Å². The molecule has 2 saturated carbocycles. The quantitative estimate of drug-likeness (QED) is 0.641. The van der Waals surface area contributed by atoms with Gasteiger partial charge in [-0.2, -0.15) is 4.98 Å². The lowest BCUT2D eigenvalue weighted by molar-refractivity contribution is 0.870. The fourth-order valence-electron chi connectivity index (χ4n) is 3.44. The number of benzene rings is 1. The predicted molar refractivity (Wildman–Crippen MR) is 110 cm³/mol. The number of hydrogen-bond donors (Lipinski definition) is 1. The number of nitrogens with zero attached hydrogens (tertiary/aromatic N) is 4. The summed E-state index contributed by atoms with van der Waals surface area (Å²) in [6.45, 7) is 8.35. The summed E-state index contributed by atoms with van der Waals surface area (Å²) >= 11 is 6.38. The van der Waals surface area contributed by atoms with Gasteiger partial charge in [-0.3, -0.25) is 0 Å². The highest BCUT2D eigenvalue weighted by atomic mass is 35.5. The number of hydrogen-bond acceptors (Lipinski definition) is 4. The van der Waals surface area contributed by atoms with Gasteiger partial charge in [-0.25, -0.2) is 19.2 Å². The number of pyridine rings is 1. The summed E-state index contributed by atoms with van der Waals surface area (Å²) < 4.78 is 1.46. The topological polar surface area (TPSA) is 64.2 Å². The van der Waals surface area contributed by atoms with Crippen LogP contribution in [0.25, 0.3) is 21.6 Å². The van der Waals surface area contributed by atoms with Crippen molar-refractivity contribution in [2.45, 2.75) is 31.6 Å². The summed E-state index contributed by atoms with van der Waals surface area (Å²) in [6.07, 6.45) is 4.43. The van der Waals surface area contributed by atoms with E-state index < -0.39 is 5.69 Å². The Morgan fingerprint density at radius 1 is 1.21 bits per heavy atom. The Hall–Kier alpha value is -2.91. The van der Waals surface area contributed by atoms with Gasteiger partial charge in [-0.1, -0.05) is 23.7 Å². The molecule has 2 fully saturated rings. The maximum absolute atomic E-state index is 13.0. The number of aromatic nitrogens is 3. The lowest BCUT2D eigenvalue weighted by Crippen LogP contribution is -2.25. The van der Waals surface area contributed by atoms with Crippen LogP contribution in [-0.4, -0.2) is 21.1 Å². The zero-order chi connectivity index (χ0) is 19.3. The summed E-state index contributed by atoms with van der Waals surface area (Å²) in [7, 11) is 0. The maximum Gasteiger partial charge on any atom is 0.355 e. The molecule has 0 bridgehead atoms. The molecular weight excluding hydrogens is 374 g/mol. The lowest BCUT2D eigenvalue weighted by atomic mass is 10.1. The molecule has 7 heteroatoms. The number of anilines is 1. The van der Waals surface area contributed by atoms with Gasteiger partial charge < -0.3 is 5.32 Å². The fraction of sp³-hybridized carbons (Fsp3) is 0.333. The van der Waals surface area contributed by atoms with Crippen molar-refractivity contribution in [3.63, 3.8) is 0 Å². The SMILES string of the molecule is [C-]#[N+]c1cc2c(NCC3CC3)nc(=O)n(-c3ccccc3Cl)c2nc1C1CC1. The molecule has 0 atom stereocenters. The van der Waals surface area contributed by atoms with E-state index in [9.17, 15) is 4.79 Å². The molecule has 1 aromatic carbocycles. The van der Waals surface area contributed by atoms with Gasteiger partial charge in [0.2, 0.25) is 5.69 Å². The van der Waals surface area contributed by atoms with Crippen LogP contribution in [0.3, 0.4) is 0 Å². The third kappa shape index (κ3) is 3.02. The Labute approximate surface area is 167 Å². The van der Waals surface area contributed by atoms with Crippen molar-refractivity contribution in [3.05, 3.63) is 62.9 Å². The molecule has 0 radical (unpaired) electrons. The number of fused-ring (bicyclic) bond motifs is 1. The highest BCUT2D eigenvalue weighted by molar-refractivity contribution is 6.32. The van der Waals surface area contributed by atoms with Gasteiger partial charge in [-0.15, -0.1) is 0 Å². The van der Waals surface area contributed by atoms with Crippen molar-refractivity contribution < 1.29 is 0 Å². The second-order valence-electron chi connectivity index (χ2n) is 7.50. The second-order valence-corrected chi connectivity index (χ2v) is 7.91. The van der Waals surface area contributed by atoms with Crippen LogP contribution >= 0.6 is 11.6 Å². The first kappa shape index (κ1) is 17.2. The molecule has 0 saturated heterocycles. The van der Waals surface area contributed by atoms with Crippen LogP contribution in [0.1, 0.15) is 37.3 Å². The van der Waals surface area contributed by atoms with Gasteiger partial charge in [0.1, 0.15) is 11.5 Å². The van der Waals surface area contributed by atoms with Crippen LogP contribution < -0.4 is 11.0 Å². The molecule has 5 rings (SSSR count). The average molecular weight is 392 g/mol. The zero-order valence-corrected chi connectivity index (χ0v) is 15.9. The largest absolute Gasteiger partial charge is 0.369 e. The van der Waals surface area contributed by atoms with E-state index in [1.807, 2.05) is 18.2 Å². The highest BCUT2D eigenvalue weighted by Gasteiger charge is 2.30. The summed E-state index contributed by atoms with van der Waals surface area (Å²) in [5.74, 6) is 1.41. The smallest absolute Gasteiger partial charge is 0.355 e. The molecule has 0 amide bonds.